The van der Waals surface area contributed by atoms with Crippen LogP contribution >= 0.6 is 0 Å². The summed E-state index contributed by atoms with van der Waals surface area (Å²) in [4.78, 5) is 26.0. The Kier molecular flexibility index (Phi) is 6.02. The lowest BCUT2D eigenvalue weighted by atomic mass is 9.51. The number of hydrogen-bond acceptors (Lipinski definition) is 8. The quantitative estimate of drug-likeness (QED) is 0.276. The third-order valence-corrected chi connectivity index (χ3v) is 9.58. The third kappa shape index (κ3) is 3.87. The number of allylic oxidation sites excluding steroid dienone is 3. The number of epoxide rings is 1. The van der Waals surface area contributed by atoms with Crippen molar-refractivity contribution in [2.45, 2.75) is 95.8 Å². The Morgan fingerprint density at radius 1 is 0.973 bits per heavy atom. The zero-order chi connectivity index (χ0) is 26.0. The van der Waals surface area contributed by atoms with E-state index in [2.05, 4.69) is 19.9 Å². The van der Waals surface area contributed by atoms with Crippen LogP contribution in [0.1, 0.15) is 53.4 Å². The molecule has 0 aromatic heterocycles. The smallest absolute Gasteiger partial charge is 0.331 e. The maximum atomic E-state index is 13.0. The normalized spacial score (nSPS) is 50.5. The molecule has 8 nitrogen and oxygen atoms in total. The van der Waals surface area contributed by atoms with E-state index in [9.17, 15) is 9.59 Å². The van der Waals surface area contributed by atoms with Gasteiger partial charge in [-0.25, -0.2) is 9.59 Å². The van der Waals surface area contributed by atoms with Gasteiger partial charge in [0.15, 0.2) is 6.29 Å². The standard InChI is InChI=1S/C29H36O8/c1-17-9-10-28-15-32-25(31)12-18(2)13-26-34-19(3)20(35-26)7-5-6-8-24(30)37-21-14-23(36-22(28)11-17)29(16-33-29)27(21,28)4/h5-8,11-12,19-23,26H,9-10,13-16H2,1-4H3/b7-5+,8-6-,18-12-. The molecule has 9 atom stereocenters. The molecule has 6 aliphatic rings. The van der Waals surface area contributed by atoms with Crippen LogP contribution in [0.4, 0.5) is 0 Å². The van der Waals surface area contributed by atoms with Crippen LogP contribution in [0.5, 0.6) is 0 Å². The molecule has 200 valence electrons. The zero-order valence-corrected chi connectivity index (χ0v) is 21.9. The van der Waals surface area contributed by atoms with E-state index in [4.69, 9.17) is 28.4 Å². The molecule has 0 aromatic rings. The van der Waals surface area contributed by atoms with Gasteiger partial charge in [0.05, 0.1) is 30.3 Å². The number of rotatable bonds is 0. The van der Waals surface area contributed by atoms with Gasteiger partial charge in [-0.1, -0.05) is 42.4 Å². The molecule has 6 rings (SSSR count). The molecule has 0 N–H and O–H groups in total. The van der Waals surface area contributed by atoms with Crippen molar-refractivity contribution >= 4 is 11.9 Å². The fourth-order valence-corrected chi connectivity index (χ4v) is 7.32. The second kappa shape index (κ2) is 8.90. The van der Waals surface area contributed by atoms with Crippen molar-refractivity contribution in [2.75, 3.05) is 13.2 Å². The first-order valence-corrected chi connectivity index (χ1v) is 13.3. The van der Waals surface area contributed by atoms with Gasteiger partial charge in [0.25, 0.3) is 0 Å². The molecule has 0 aromatic carbocycles. The van der Waals surface area contributed by atoms with Crippen LogP contribution in [-0.2, 0) is 38.0 Å². The van der Waals surface area contributed by atoms with Gasteiger partial charge in [-0.05, 0) is 33.6 Å². The molecule has 4 bridgehead atoms. The molecule has 8 heteroatoms. The lowest BCUT2D eigenvalue weighted by Gasteiger charge is -2.58. The lowest BCUT2D eigenvalue weighted by molar-refractivity contribution is -0.232. The van der Waals surface area contributed by atoms with Crippen molar-refractivity contribution in [2.24, 2.45) is 10.8 Å². The van der Waals surface area contributed by atoms with E-state index in [1.54, 1.807) is 12.2 Å². The first-order valence-electron chi connectivity index (χ1n) is 13.3. The van der Waals surface area contributed by atoms with Gasteiger partial charge in [-0.2, -0.15) is 0 Å². The highest BCUT2D eigenvalue weighted by atomic mass is 16.7. The van der Waals surface area contributed by atoms with Gasteiger partial charge in [0, 0.05) is 30.4 Å². The van der Waals surface area contributed by atoms with Crippen molar-refractivity contribution < 1.29 is 38.0 Å². The van der Waals surface area contributed by atoms with Crippen LogP contribution in [0.3, 0.4) is 0 Å². The fourth-order valence-electron chi connectivity index (χ4n) is 7.32. The molecule has 1 saturated carbocycles. The van der Waals surface area contributed by atoms with Crippen molar-refractivity contribution in [3.8, 4) is 0 Å². The minimum Gasteiger partial charge on any atom is -0.462 e. The average Bonchev–Trinajstić information content (AvgIpc) is 3.54. The summed E-state index contributed by atoms with van der Waals surface area (Å²) in [5.74, 6) is -0.828. The highest BCUT2D eigenvalue weighted by molar-refractivity contribution is 5.83. The lowest BCUT2D eigenvalue weighted by Crippen LogP contribution is -2.66. The third-order valence-electron chi connectivity index (χ3n) is 9.58. The molecule has 2 spiro atoms. The van der Waals surface area contributed by atoms with Crippen LogP contribution in [-0.4, -0.2) is 67.6 Å². The Labute approximate surface area is 217 Å². The molecule has 0 amide bonds. The van der Waals surface area contributed by atoms with Crippen molar-refractivity contribution in [3.63, 3.8) is 0 Å². The molecule has 0 radical (unpaired) electrons. The summed E-state index contributed by atoms with van der Waals surface area (Å²) in [5.41, 5.74) is 0.362. The topological polar surface area (TPSA) is 92.8 Å². The van der Waals surface area contributed by atoms with Crippen LogP contribution in [0.15, 0.2) is 47.6 Å². The highest BCUT2D eigenvalue weighted by Gasteiger charge is 2.83. The Hall–Kier alpha value is -2.26. The minimum atomic E-state index is -0.590. The molecule has 2 aliphatic carbocycles. The van der Waals surface area contributed by atoms with Gasteiger partial charge in [0.2, 0.25) is 0 Å². The first kappa shape index (κ1) is 25.0. The first-order chi connectivity index (χ1) is 17.7. The monoisotopic (exact) mass is 512 g/mol. The van der Waals surface area contributed by atoms with Crippen LogP contribution in [0.25, 0.3) is 0 Å². The number of hydrogen-bond donors (Lipinski definition) is 0. The number of esters is 2. The summed E-state index contributed by atoms with van der Waals surface area (Å²) in [7, 11) is 0. The second-order valence-electron chi connectivity index (χ2n) is 11.7. The molecule has 4 fully saturated rings. The van der Waals surface area contributed by atoms with Crippen LogP contribution in [0, 0.1) is 10.8 Å². The van der Waals surface area contributed by atoms with Crippen molar-refractivity contribution in [3.05, 3.63) is 47.6 Å². The summed E-state index contributed by atoms with van der Waals surface area (Å²) in [6.07, 6.45) is 11.3. The van der Waals surface area contributed by atoms with E-state index < -0.39 is 40.8 Å². The van der Waals surface area contributed by atoms with Crippen molar-refractivity contribution in [1.29, 1.82) is 0 Å². The summed E-state index contributed by atoms with van der Waals surface area (Å²) < 4.78 is 36.8. The minimum absolute atomic E-state index is 0.147. The summed E-state index contributed by atoms with van der Waals surface area (Å²) >= 11 is 0. The Morgan fingerprint density at radius 2 is 1.78 bits per heavy atom. The van der Waals surface area contributed by atoms with E-state index in [1.165, 1.54) is 17.7 Å². The van der Waals surface area contributed by atoms with E-state index in [0.717, 1.165) is 18.4 Å². The second-order valence-corrected chi connectivity index (χ2v) is 11.7. The zero-order valence-electron chi connectivity index (χ0n) is 21.9. The molecule has 9 unspecified atom stereocenters. The summed E-state index contributed by atoms with van der Waals surface area (Å²) in [6.45, 7) is 8.77. The maximum absolute atomic E-state index is 13.0. The highest BCUT2D eigenvalue weighted by Crippen LogP contribution is 2.72. The summed E-state index contributed by atoms with van der Waals surface area (Å²) in [5, 5.41) is 0. The molecule has 4 heterocycles. The van der Waals surface area contributed by atoms with E-state index in [1.807, 2.05) is 19.9 Å². The predicted molar refractivity (Wildman–Crippen MR) is 132 cm³/mol. The Balaban J connectivity index is 1.37. The van der Waals surface area contributed by atoms with Gasteiger partial charge in [-0.15, -0.1) is 0 Å². The maximum Gasteiger partial charge on any atom is 0.331 e. The number of ether oxygens (including phenoxy) is 6. The van der Waals surface area contributed by atoms with E-state index in [0.29, 0.717) is 19.4 Å². The van der Waals surface area contributed by atoms with E-state index >= 15 is 0 Å². The molecule has 4 aliphatic heterocycles. The van der Waals surface area contributed by atoms with Crippen molar-refractivity contribution in [1.82, 2.24) is 0 Å². The van der Waals surface area contributed by atoms with E-state index in [-0.39, 0.29) is 31.0 Å². The number of fused-ring (bicyclic) bond motifs is 2. The fraction of sp³-hybridized carbons (Fsp3) is 0.655. The van der Waals surface area contributed by atoms with Gasteiger partial charge in [-0.3, -0.25) is 0 Å². The van der Waals surface area contributed by atoms with Gasteiger partial charge < -0.3 is 28.4 Å². The van der Waals surface area contributed by atoms with Gasteiger partial charge in [0.1, 0.15) is 24.4 Å². The van der Waals surface area contributed by atoms with Crippen LogP contribution in [0.2, 0.25) is 0 Å². The van der Waals surface area contributed by atoms with Crippen LogP contribution < -0.4 is 0 Å². The van der Waals surface area contributed by atoms with Gasteiger partial charge >= 0.3 is 11.9 Å². The Bertz CT molecular complexity index is 1100. The Morgan fingerprint density at radius 3 is 2.57 bits per heavy atom. The number of carbonyl (C=O) groups excluding carboxylic acids is 2. The summed E-state index contributed by atoms with van der Waals surface area (Å²) in [6, 6.07) is 0. The SMILES string of the molecule is CC1=CC2OC3CC4OC(=O)/C=C\C=C\C5OC(C/C(C)=C\C(=O)OCC2(CC1)C4(C)C31CO1)OC5C. The molecule has 37 heavy (non-hydrogen) atoms. The molecule has 3 saturated heterocycles. The largest absolute Gasteiger partial charge is 0.462 e. The molecular weight excluding hydrogens is 476 g/mol. The number of carbonyl (C=O) groups is 2. The average molecular weight is 513 g/mol. The number of cyclic esters (lactones) is 1. The predicted octanol–water partition coefficient (Wildman–Crippen LogP) is 3.71. The molecular formula is C29H36O8.